The van der Waals surface area contributed by atoms with Crippen molar-refractivity contribution in [3.8, 4) is 5.75 Å². The van der Waals surface area contributed by atoms with Crippen molar-refractivity contribution in [3.05, 3.63) is 53.6 Å². The zero-order chi connectivity index (χ0) is 17.7. The first-order valence-electron chi connectivity index (χ1n) is 7.44. The predicted octanol–water partition coefficient (Wildman–Crippen LogP) is 2.41. The third-order valence-electron chi connectivity index (χ3n) is 3.74. The number of amides is 1. The van der Waals surface area contributed by atoms with Crippen LogP contribution in [0.3, 0.4) is 0 Å². The van der Waals surface area contributed by atoms with Crippen LogP contribution in [0.1, 0.15) is 45.9 Å². The van der Waals surface area contributed by atoms with Gasteiger partial charge in [0.25, 0.3) is 5.91 Å². The Balaban J connectivity index is 2.24. The van der Waals surface area contributed by atoms with Crippen molar-refractivity contribution in [2.75, 3.05) is 14.2 Å². The normalized spacial score (nSPS) is 11.6. The lowest BCUT2D eigenvalue weighted by atomic mass is 10.0. The number of methoxy groups -OCH3 is 1. The Hall–Kier alpha value is -2.96. The first-order valence-corrected chi connectivity index (χ1v) is 7.44. The number of benzene rings is 1. The maximum absolute atomic E-state index is 12.6. The van der Waals surface area contributed by atoms with E-state index in [0.717, 1.165) is 17.5 Å². The first kappa shape index (κ1) is 17.4. The molecule has 1 heterocycles. The fourth-order valence-corrected chi connectivity index (χ4v) is 2.45. The molecule has 0 bridgehead atoms. The van der Waals surface area contributed by atoms with E-state index >= 15 is 0 Å². The van der Waals surface area contributed by atoms with Gasteiger partial charge in [-0.1, -0.05) is 19.1 Å². The van der Waals surface area contributed by atoms with Crippen molar-refractivity contribution < 1.29 is 19.4 Å². The molecule has 7 heteroatoms. The highest BCUT2D eigenvalue weighted by Gasteiger charge is 2.23. The number of carboxylic acid groups (broad SMARTS) is 1. The number of aromatic carboxylic acids is 1. The number of rotatable bonds is 6. The number of carboxylic acids is 1. The highest BCUT2D eigenvalue weighted by Crippen LogP contribution is 2.27. The standard InChI is InChI=1S/C17H19N3O4/c1-4-15(11-6-5-7-12(8-11)24-3)20(2)16(21)13-9-19-14(10-18-13)17(22)23/h5-10,15H,4H2,1-3H3,(H,22,23). The Kier molecular flexibility index (Phi) is 5.47. The fourth-order valence-electron chi connectivity index (χ4n) is 2.45. The van der Waals surface area contributed by atoms with E-state index in [4.69, 9.17) is 9.84 Å². The molecule has 1 amide bonds. The molecular weight excluding hydrogens is 310 g/mol. The van der Waals surface area contributed by atoms with Gasteiger partial charge >= 0.3 is 5.97 Å². The zero-order valence-electron chi connectivity index (χ0n) is 13.8. The smallest absolute Gasteiger partial charge is 0.356 e. The van der Waals surface area contributed by atoms with Gasteiger partial charge in [0.15, 0.2) is 5.69 Å². The Morgan fingerprint density at radius 2 is 1.92 bits per heavy atom. The molecule has 0 saturated heterocycles. The maximum atomic E-state index is 12.6. The van der Waals surface area contributed by atoms with Gasteiger partial charge in [-0.15, -0.1) is 0 Å². The van der Waals surface area contributed by atoms with E-state index in [1.165, 1.54) is 6.20 Å². The SMILES string of the molecule is CCC(c1cccc(OC)c1)N(C)C(=O)c1cnc(C(=O)O)cn1. The van der Waals surface area contributed by atoms with Crippen LogP contribution in [0.4, 0.5) is 0 Å². The Morgan fingerprint density at radius 1 is 1.25 bits per heavy atom. The van der Waals surface area contributed by atoms with Crippen LogP contribution in [0.2, 0.25) is 0 Å². The summed E-state index contributed by atoms with van der Waals surface area (Å²) in [4.78, 5) is 32.6. The van der Waals surface area contributed by atoms with E-state index in [0.29, 0.717) is 6.42 Å². The van der Waals surface area contributed by atoms with E-state index in [9.17, 15) is 9.59 Å². The molecule has 0 aliphatic heterocycles. The second-order valence-electron chi connectivity index (χ2n) is 5.21. The second kappa shape index (κ2) is 7.54. The van der Waals surface area contributed by atoms with E-state index in [-0.39, 0.29) is 23.3 Å². The van der Waals surface area contributed by atoms with Crippen LogP contribution in [0.15, 0.2) is 36.7 Å². The Morgan fingerprint density at radius 3 is 2.46 bits per heavy atom. The Bertz CT molecular complexity index is 731. The molecule has 0 aliphatic rings. The minimum atomic E-state index is -1.18. The molecule has 1 aromatic carbocycles. The lowest BCUT2D eigenvalue weighted by Gasteiger charge is -2.27. The molecule has 1 N–H and O–H groups in total. The van der Waals surface area contributed by atoms with Gasteiger partial charge in [0.1, 0.15) is 11.4 Å². The van der Waals surface area contributed by atoms with Gasteiger partial charge in [0, 0.05) is 7.05 Å². The van der Waals surface area contributed by atoms with Crippen LogP contribution >= 0.6 is 0 Å². The number of nitrogens with zero attached hydrogens (tertiary/aromatic N) is 3. The van der Waals surface area contributed by atoms with E-state index in [1.54, 1.807) is 19.1 Å². The molecule has 1 unspecified atom stereocenters. The Labute approximate surface area is 139 Å². The zero-order valence-corrected chi connectivity index (χ0v) is 13.8. The number of hydrogen-bond acceptors (Lipinski definition) is 5. The van der Waals surface area contributed by atoms with Gasteiger partial charge in [0.2, 0.25) is 0 Å². The molecule has 24 heavy (non-hydrogen) atoms. The molecule has 126 valence electrons. The number of carbonyl (C=O) groups excluding carboxylic acids is 1. The molecule has 0 fully saturated rings. The molecule has 0 spiro atoms. The van der Waals surface area contributed by atoms with Gasteiger partial charge in [-0.05, 0) is 24.1 Å². The van der Waals surface area contributed by atoms with Crippen molar-refractivity contribution in [1.82, 2.24) is 14.9 Å². The summed E-state index contributed by atoms with van der Waals surface area (Å²) >= 11 is 0. The van der Waals surface area contributed by atoms with Crippen molar-refractivity contribution >= 4 is 11.9 Å². The molecular formula is C17H19N3O4. The summed E-state index contributed by atoms with van der Waals surface area (Å²) in [5.74, 6) is -0.788. The third-order valence-corrected chi connectivity index (χ3v) is 3.74. The van der Waals surface area contributed by atoms with Crippen LogP contribution in [0, 0.1) is 0 Å². The summed E-state index contributed by atoms with van der Waals surface area (Å²) in [6.07, 6.45) is 2.96. The van der Waals surface area contributed by atoms with Crippen LogP contribution in [-0.2, 0) is 0 Å². The monoisotopic (exact) mass is 329 g/mol. The maximum Gasteiger partial charge on any atom is 0.356 e. The van der Waals surface area contributed by atoms with E-state index < -0.39 is 5.97 Å². The molecule has 0 radical (unpaired) electrons. The van der Waals surface area contributed by atoms with Crippen LogP contribution in [0.5, 0.6) is 5.75 Å². The molecule has 0 aliphatic carbocycles. The molecule has 1 atom stereocenters. The van der Waals surface area contributed by atoms with E-state index in [1.807, 2.05) is 31.2 Å². The van der Waals surface area contributed by atoms with Crippen molar-refractivity contribution in [2.24, 2.45) is 0 Å². The predicted molar refractivity (Wildman–Crippen MR) is 87.1 cm³/mol. The summed E-state index contributed by atoms with van der Waals surface area (Å²) in [5.41, 5.74) is 0.848. The van der Waals surface area contributed by atoms with Gasteiger partial charge in [-0.25, -0.2) is 14.8 Å². The van der Waals surface area contributed by atoms with Crippen LogP contribution in [-0.4, -0.2) is 46.0 Å². The lowest BCUT2D eigenvalue weighted by molar-refractivity contribution is 0.0682. The number of hydrogen-bond donors (Lipinski definition) is 1. The lowest BCUT2D eigenvalue weighted by Crippen LogP contribution is -2.31. The molecule has 7 nitrogen and oxygen atoms in total. The van der Waals surface area contributed by atoms with Crippen molar-refractivity contribution in [3.63, 3.8) is 0 Å². The summed E-state index contributed by atoms with van der Waals surface area (Å²) < 4.78 is 5.23. The highest BCUT2D eigenvalue weighted by molar-refractivity contribution is 5.92. The topological polar surface area (TPSA) is 92.6 Å². The fraction of sp³-hybridized carbons (Fsp3) is 0.294. The van der Waals surface area contributed by atoms with Crippen LogP contribution in [0.25, 0.3) is 0 Å². The minimum absolute atomic E-state index is 0.101. The average Bonchev–Trinajstić information content (AvgIpc) is 2.61. The second-order valence-corrected chi connectivity index (χ2v) is 5.21. The minimum Gasteiger partial charge on any atom is -0.497 e. The van der Waals surface area contributed by atoms with Crippen molar-refractivity contribution in [2.45, 2.75) is 19.4 Å². The quantitative estimate of drug-likeness (QED) is 0.875. The molecule has 2 aromatic rings. The summed E-state index contributed by atoms with van der Waals surface area (Å²) in [5, 5.41) is 8.84. The van der Waals surface area contributed by atoms with Crippen LogP contribution < -0.4 is 4.74 Å². The summed E-state index contributed by atoms with van der Waals surface area (Å²) in [7, 11) is 3.28. The summed E-state index contributed by atoms with van der Waals surface area (Å²) in [6, 6.07) is 7.37. The van der Waals surface area contributed by atoms with Gasteiger partial charge in [0.05, 0.1) is 25.5 Å². The van der Waals surface area contributed by atoms with E-state index in [2.05, 4.69) is 9.97 Å². The number of ether oxygens (including phenoxy) is 1. The number of carbonyl (C=O) groups is 2. The third kappa shape index (κ3) is 3.68. The highest BCUT2D eigenvalue weighted by atomic mass is 16.5. The molecule has 0 saturated carbocycles. The van der Waals surface area contributed by atoms with Gasteiger partial charge in [-0.2, -0.15) is 0 Å². The molecule has 2 rings (SSSR count). The summed E-state index contributed by atoms with van der Waals surface area (Å²) in [6.45, 7) is 1.98. The van der Waals surface area contributed by atoms with Crippen molar-refractivity contribution in [1.29, 1.82) is 0 Å². The van der Waals surface area contributed by atoms with Gasteiger partial charge in [-0.3, -0.25) is 4.79 Å². The first-order chi connectivity index (χ1) is 11.5. The number of aromatic nitrogens is 2. The average molecular weight is 329 g/mol. The van der Waals surface area contributed by atoms with Gasteiger partial charge < -0.3 is 14.7 Å². The largest absolute Gasteiger partial charge is 0.497 e. The molecule has 1 aromatic heterocycles.